The Balaban J connectivity index is 1.41. The lowest BCUT2D eigenvalue weighted by atomic mass is 10.1. The highest BCUT2D eigenvalue weighted by molar-refractivity contribution is 6.07. The van der Waals surface area contributed by atoms with Crippen LogP contribution in [0.1, 0.15) is 21.9 Å². The molecule has 138 valence electrons. The van der Waals surface area contributed by atoms with Crippen molar-refractivity contribution in [2.75, 3.05) is 5.32 Å². The van der Waals surface area contributed by atoms with Crippen LogP contribution in [0, 0.1) is 0 Å². The maximum Gasteiger partial charge on any atom is 0.248 e. The second kappa shape index (κ2) is 7.36. The van der Waals surface area contributed by atoms with E-state index in [-0.39, 0.29) is 11.7 Å². The van der Waals surface area contributed by atoms with Gasteiger partial charge in [-0.05, 0) is 42.5 Å². The summed E-state index contributed by atoms with van der Waals surface area (Å²) in [6.45, 7) is 0. The first-order valence-electron chi connectivity index (χ1n) is 8.70. The summed E-state index contributed by atoms with van der Waals surface area (Å²) < 4.78 is 7.31. The molecule has 6 nitrogen and oxygen atoms in total. The average Bonchev–Trinajstić information content (AvgIpc) is 3.32. The fraction of sp³-hybridized carbons (Fsp3) is 0.0455. The normalized spacial score (nSPS) is 11.2. The minimum Gasteiger partial charge on any atom is -0.457 e. The molecule has 28 heavy (non-hydrogen) atoms. The molecule has 0 spiro atoms. The number of carbonyl (C=O) groups is 2. The molecule has 0 aliphatic rings. The fourth-order valence-electron chi connectivity index (χ4n) is 2.84. The number of hydrogen-bond donors (Lipinski definition) is 1. The van der Waals surface area contributed by atoms with Gasteiger partial charge < -0.3 is 14.3 Å². The van der Waals surface area contributed by atoms with E-state index in [1.165, 1.54) is 6.08 Å². The van der Waals surface area contributed by atoms with Gasteiger partial charge in [-0.1, -0.05) is 18.2 Å². The highest BCUT2D eigenvalue weighted by atomic mass is 16.3. The molecular weight excluding hydrogens is 354 g/mol. The number of rotatable bonds is 5. The van der Waals surface area contributed by atoms with Crippen LogP contribution < -0.4 is 5.32 Å². The number of nitrogens with zero attached hydrogens (tertiary/aromatic N) is 2. The number of ketones is 1. The van der Waals surface area contributed by atoms with Crippen LogP contribution in [0.25, 0.3) is 17.0 Å². The quantitative estimate of drug-likeness (QED) is 0.424. The molecule has 1 N–H and O–H groups in total. The molecule has 6 heteroatoms. The van der Waals surface area contributed by atoms with Crippen LogP contribution in [0.2, 0.25) is 0 Å². The van der Waals surface area contributed by atoms with Crippen LogP contribution in [0.15, 0.2) is 77.5 Å². The van der Waals surface area contributed by atoms with Crippen LogP contribution in [0.4, 0.5) is 5.69 Å². The van der Waals surface area contributed by atoms with E-state index < -0.39 is 0 Å². The van der Waals surface area contributed by atoms with Crippen molar-refractivity contribution in [3.63, 3.8) is 0 Å². The van der Waals surface area contributed by atoms with Gasteiger partial charge in [-0.3, -0.25) is 9.59 Å². The standard InChI is InChI=1S/C22H17N3O3/c1-25-13-12-23-22(25)21(27)15-6-8-17(9-7-15)24-20(26)11-10-18-14-16-4-2-3-5-19(16)28-18/h2-14H,1H3,(H,24,26)/b11-10+. The Hall–Kier alpha value is -3.93. The van der Waals surface area contributed by atoms with E-state index in [1.54, 1.807) is 54.3 Å². The summed E-state index contributed by atoms with van der Waals surface area (Å²) in [5.41, 5.74) is 1.87. The Morgan fingerprint density at radius 2 is 1.89 bits per heavy atom. The van der Waals surface area contributed by atoms with Crippen molar-refractivity contribution in [3.05, 3.63) is 90.2 Å². The molecule has 2 aromatic heterocycles. The highest BCUT2D eigenvalue weighted by Gasteiger charge is 2.13. The topological polar surface area (TPSA) is 77.1 Å². The number of nitrogens with one attached hydrogen (secondary N) is 1. The van der Waals surface area contributed by atoms with Crippen LogP contribution >= 0.6 is 0 Å². The predicted octanol–water partition coefficient (Wildman–Crippen LogP) is 4.05. The number of aryl methyl sites for hydroxylation is 1. The number of anilines is 1. The summed E-state index contributed by atoms with van der Waals surface area (Å²) >= 11 is 0. The highest BCUT2D eigenvalue weighted by Crippen LogP contribution is 2.20. The van der Waals surface area contributed by atoms with Gasteiger partial charge in [0.1, 0.15) is 11.3 Å². The van der Waals surface area contributed by atoms with E-state index in [9.17, 15) is 9.59 Å². The van der Waals surface area contributed by atoms with Crippen LogP contribution in [-0.2, 0) is 11.8 Å². The molecule has 0 radical (unpaired) electrons. The van der Waals surface area contributed by atoms with Gasteiger partial charge in [-0.2, -0.15) is 0 Å². The van der Waals surface area contributed by atoms with Crippen molar-refractivity contribution in [1.82, 2.24) is 9.55 Å². The summed E-state index contributed by atoms with van der Waals surface area (Å²) in [5.74, 6) is 0.511. The summed E-state index contributed by atoms with van der Waals surface area (Å²) in [6, 6.07) is 16.2. The molecule has 0 aliphatic carbocycles. The van der Waals surface area contributed by atoms with Crippen LogP contribution in [-0.4, -0.2) is 21.2 Å². The molecule has 0 unspecified atom stereocenters. The lowest BCUT2D eigenvalue weighted by molar-refractivity contribution is -0.111. The SMILES string of the molecule is Cn1ccnc1C(=O)c1ccc(NC(=O)/C=C/c2cc3ccccc3o2)cc1. The molecule has 0 saturated carbocycles. The molecule has 4 aromatic rings. The smallest absolute Gasteiger partial charge is 0.248 e. The summed E-state index contributed by atoms with van der Waals surface area (Å²) in [5, 5.41) is 3.74. The minimum atomic E-state index is -0.288. The third-order valence-electron chi connectivity index (χ3n) is 4.28. The van der Waals surface area contributed by atoms with Crippen molar-refractivity contribution in [2.24, 2.45) is 7.05 Å². The van der Waals surface area contributed by atoms with E-state index in [0.717, 1.165) is 11.0 Å². The van der Waals surface area contributed by atoms with E-state index >= 15 is 0 Å². The number of hydrogen-bond acceptors (Lipinski definition) is 4. The molecule has 0 bridgehead atoms. The van der Waals surface area contributed by atoms with E-state index in [2.05, 4.69) is 10.3 Å². The zero-order valence-electron chi connectivity index (χ0n) is 15.1. The molecule has 2 aromatic carbocycles. The maximum absolute atomic E-state index is 12.4. The third kappa shape index (κ3) is 3.61. The lowest BCUT2D eigenvalue weighted by Gasteiger charge is -2.04. The number of imidazole rings is 1. The second-order valence-electron chi connectivity index (χ2n) is 6.28. The molecule has 0 fully saturated rings. The maximum atomic E-state index is 12.4. The van der Waals surface area contributed by atoms with Crippen molar-refractivity contribution < 1.29 is 14.0 Å². The number of amides is 1. The van der Waals surface area contributed by atoms with E-state index in [0.29, 0.717) is 22.8 Å². The minimum absolute atomic E-state index is 0.171. The van der Waals surface area contributed by atoms with Gasteiger partial charge in [0.2, 0.25) is 11.7 Å². The zero-order valence-corrected chi connectivity index (χ0v) is 15.1. The van der Waals surface area contributed by atoms with Gasteiger partial charge in [0.05, 0.1) is 0 Å². The summed E-state index contributed by atoms with van der Waals surface area (Å²) in [6.07, 6.45) is 6.32. The molecule has 4 rings (SSSR count). The molecular formula is C22H17N3O3. The van der Waals surface area contributed by atoms with Crippen LogP contribution in [0.5, 0.6) is 0 Å². The lowest BCUT2D eigenvalue weighted by Crippen LogP contribution is -2.10. The van der Waals surface area contributed by atoms with Gasteiger partial charge in [-0.25, -0.2) is 4.98 Å². The Kier molecular flexibility index (Phi) is 4.60. The number of fused-ring (bicyclic) bond motifs is 1. The average molecular weight is 371 g/mol. The Morgan fingerprint density at radius 3 is 2.61 bits per heavy atom. The first-order chi connectivity index (χ1) is 13.6. The van der Waals surface area contributed by atoms with Gasteiger partial charge in [-0.15, -0.1) is 0 Å². The first-order valence-corrected chi connectivity index (χ1v) is 8.70. The van der Waals surface area contributed by atoms with Crippen molar-refractivity contribution in [3.8, 4) is 0 Å². The number of para-hydroxylation sites is 1. The molecule has 1 amide bonds. The molecule has 0 saturated heterocycles. The summed E-state index contributed by atoms with van der Waals surface area (Å²) in [4.78, 5) is 28.6. The largest absolute Gasteiger partial charge is 0.457 e. The van der Waals surface area contributed by atoms with Crippen molar-refractivity contribution >= 4 is 34.4 Å². The van der Waals surface area contributed by atoms with Crippen LogP contribution in [0.3, 0.4) is 0 Å². The predicted molar refractivity (Wildman–Crippen MR) is 107 cm³/mol. The first kappa shape index (κ1) is 17.5. The van der Waals surface area contributed by atoms with Gasteiger partial charge >= 0.3 is 0 Å². The Morgan fingerprint density at radius 1 is 1.11 bits per heavy atom. The fourth-order valence-corrected chi connectivity index (χ4v) is 2.84. The van der Waals surface area contributed by atoms with E-state index in [1.807, 2.05) is 30.3 Å². The Bertz CT molecular complexity index is 1150. The number of furan rings is 1. The van der Waals surface area contributed by atoms with Gasteiger partial charge in [0.15, 0.2) is 5.82 Å². The molecule has 0 aliphatic heterocycles. The number of carbonyl (C=O) groups excluding carboxylic acids is 2. The second-order valence-corrected chi connectivity index (χ2v) is 6.28. The zero-order chi connectivity index (χ0) is 19.5. The van der Waals surface area contributed by atoms with E-state index in [4.69, 9.17) is 4.42 Å². The third-order valence-corrected chi connectivity index (χ3v) is 4.28. The van der Waals surface area contributed by atoms with Gasteiger partial charge in [0.25, 0.3) is 0 Å². The van der Waals surface area contributed by atoms with Crippen molar-refractivity contribution in [1.29, 1.82) is 0 Å². The molecule has 0 atom stereocenters. The Labute approximate surface area is 161 Å². The van der Waals surface area contributed by atoms with Gasteiger partial charge in [0, 0.05) is 42.2 Å². The number of benzene rings is 2. The van der Waals surface area contributed by atoms with Crippen molar-refractivity contribution in [2.45, 2.75) is 0 Å². The molecule has 2 heterocycles. The number of aromatic nitrogens is 2. The summed E-state index contributed by atoms with van der Waals surface area (Å²) in [7, 11) is 1.77. The monoisotopic (exact) mass is 371 g/mol.